The first-order chi connectivity index (χ1) is 14.4. The zero-order chi connectivity index (χ0) is 21.3. The van der Waals surface area contributed by atoms with E-state index in [1.165, 1.54) is 6.20 Å². The Morgan fingerprint density at radius 1 is 1.27 bits per heavy atom. The number of halogens is 1. The van der Waals surface area contributed by atoms with Crippen LogP contribution in [0.3, 0.4) is 0 Å². The second-order valence-electron chi connectivity index (χ2n) is 7.57. The van der Waals surface area contributed by atoms with E-state index in [0.717, 1.165) is 18.5 Å². The molecule has 4 rings (SSSR count). The number of nitrogens with zero attached hydrogens (tertiary/aromatic N) is 4. The average molecular weight is 427 g/mol. The predicted octanol–water partition coefficient (Wildman–Crippen LogP) is 3.78. The molecule has 1 aromatic carbocycles. The van der Waals surface area contributed by atoms with Gasteiger partial charge < -0.3 is 15.4 Å². The predicted molar refractivity (Wildman–Crippen MR) is 114 cm³/mol. The summed E-state index contributed by atoms with van der Waals surface area (Å²) in [4.78, 5) is 21.6. The van der Waals surface area contributed by atoms with E-state index in [2.05, 4.69) is 39.5 Å². The van der Waals surface area contributed by atoms with Crippen LogP contribution in [0.2, 0.25) is 5.02 Å². The smallest absolute Gasteiger partial charge is 0.256 e. The highest BCUT2D eigenvalue weighted by molar-refractivity contribution is 6.32. The molecule has 0 atom stereocenters. The van der Waals surface area contributed by atoms with Crippen molar-refractivity contribution in [1.82, 2.24) is 25.1 Å². The van der Waals surface area contributed by atoms with Gasteiger partial charge in [-0.2, -0.15) is 10.1 Å². The Kier molecular flexibility index (Phi) is 5.34. The average Bonchev–Trinajstić information content (AvgIpc) is 3.29. The third-order valence-corrected chi connectivity index (χ3v) is 5.22. The van der Waals surface area contributed by atoms with E-state index in [9.17, 15) is 4.79 Å². The highest BCUT2D eigenvalue weighted by Crippen LogP contribution is 2.36. The van der Waals surface area contributed by atoms with E-state index in [1.807, 2.05) is 18.3 Å². The number of methoxy groups -OCH3 is 1. The number of carbonyl (C=O) groups excluding carboxylic acids is 1. The van der Waals surface area contributed by atoms with Gasteiger partial charge in [0, 0.05) is 6.20 Å². The number of ether oxygens (including phenoxy) is 1. The summed E-state index contributed by atoms with van der Waals surface area (Å²) in [5.74, 6) is 1.45. The van der Waals surface area contributed by atoms with Gasteiger partial charge in [-0.1, -0.05) is 37.6 Å². The van der Waals surface area contributed by atoms with E-state index in [4.69, 9.17) is 16.3 Å². The number of rotatable bonds is 7. The minimum Gasteiger partial charge on any atom is -0.496 e. The van der Waals surface area contributed by atoms with Crippen molar-refractivity contribution in [3.05, 3.63) is 59.0 Å². The van der Waals surface area contributed by atoms with Gasteiger partial charge in [-0.3, -0.25) is 4.79 Å². The molecule has 9 heteroatoms. The van der Waals surface area contributed by atoms with Crippen molar-refractivity contribution in [1.29, 1.82) is 0 Å². The minimum atomic E-state index is -0.601. The second kappa shape index (κ2) is 7.95. The van der Waals surface area contributed by atoms with Crippen LogP contribution in [0.1, 0.15) is 48.7 Å². The summed E-state index contributed by atoms with van der Waals surface area (Å²) in [6, 6.07) is 9.04. The molecule has 1 aliphatic rings. The third kappa shape index (κ3) is 4.09. The van der Waals surface area contributed by atoms with Crippen LogP contribution in [0.5, 0.6) is 5.75 Å². The number of nitrogens with one attached hydrogen (secondary N) is 2. The first-order valence-corrected chi connectivity index (χ1v) is 10.1. The SMILES string of the molecule is COc1ccccc1C(=O)NC1(Nc2ncc(Cl)c(-n3ccc(C(C)C)n3)n2)CC1. The summed E-state index contributed by atoms with van der Waals surface area (Å²) < 4.78 is 6.92. The standard InChI is InChI=1S/C21H23ClN6O2/c1-13(2)16-8-11-28(27-16)18-15(22)12-23-20(24-18)26-21(9-10-21)25-19(29)14-6-4-5-7-17(14)30-3/h4-8,11-13H,9-10H2,1-3H3,(H,25,29)(H,23,24,26). The number of hydrogen-bond acceptors (Lipinski definition) is 6. The van der Waals surface area contributed by atoms with Gasteiger partial charge in [0.15, 0.2) is 5.82 Å². The first kappa shape index (κ1) is 20.2. The van der Waals surface area contributed by atoms with Crippen LogP contribution in [0.15, 0.2) is 42.7 Å². The Morgan fingerprint density at radius 3 is 2.70 bits per heavy atom. The highest BCUT2D eigenvalue weighted by atomic mass is 35.5. The number of aromatic nitrogens is 4. The minimum absolute atomic E-state index is 0.222. The lowest BCUT2D eigenvalue weighted by molar-refractivity contribution is 0.0934. The summed E-state index contributed by atoms with van der Waals surface area (Å²) in [6.45, 7) is 4.14. The monoisotopic (exact) mass is 426 g/mol. The van der Waals surface area contributed by atoms with Crippen LogP contribution in [-0.2, 0) is 0 Å². The zero-order valence-electron chi connectivity index (χ0n) is 17.0. The van der Waals surface area contributed by atoms with Gasteiger partial charge in [-0.15, -0.1) is 0 Å². The molecule has 1 fully saturated rings. The molecule has 0 spiro atoms. The summed E-state index contributed by atoms with van der Waals surface area (Å²) in [5, 5.41) is 11.2. The van der Waals surface area contributed by atoms with Crippen molar-refractivity contribution in [3.8, 4) is 11.6 Å². The Balaban J connectivity index is 1.53. The molecule has 2 aromatic heterocycles. The Hall–Kier alpha value is -3.13. The van der Waals surface area contributed by atoms with Crippen molar-refractivity contribution in [3.63, 3.8) is 0 Å². The molecule has 3 aromatic rings. The van der Waals surface area contributed by atoms with Gasteiger partial charge in [0.2, 0.25) is 5.95 Å². The van der Waals surface area contributed by atoms with Crippen LogP contribution in [-0.4, -0.2) is 38.4 Å². The number of benzene rings is 1. The molecule has 0 aliphatic heterocycles. The number of para-hydroxylation sites is 1. The van der Waals surface area contributed by atoms with E-state index in [-0.39, 0.29) is 5.91 Å². The van der Waals surface area contributed by atoms with Crippen LogP contribution < -0.4 is 15.4 Å². The topological polar surface area (TPSA) is 94.0 Å². The number of amides is 1. The number of anilines is 1. The molecule has 2 heterocycles. The Labute approximate surface area is 179 Å². The van der Waals surface area contributed by atoms with Crippen LogP contribution in [0, 0.1) is 0 Å². The van der Waals surface area contributed by atoms with Crippen LogP contribution in [0.25, 0.3) is 5.82 Å². The number of hydrogen-bond donors (Lipinski definition) is 2. The van der Waals surface area contributed by atoms with E-state index >= 15 is 0 Å². The zero-order valence-corrected chi connectivity index (χ0v) is 17.8. The van der Waals surface area contributed by atoms with Crippen molar-refractivity contribution in [2.45, 2.75) is 38.3 Å². The van der Waals surface area contributed by atoms with Crippen molar-refractivity contribution in [2.24, 2.45) is 0 Å². The number of carbonyl (C=O) groups is 1. The molecular weight excluding hydrogens is 404 g/mol. The molecule has 0 saturated heterocycles. The Morgan fingerprint density at radius 2 is 2.03 bits per heavy atom. The molecule has 1 aliphatic carbocycles. The molecule has 30 heavy (non-hydrogen) atoms. The largest absolute Gasteiger partial charge is 0.496 e. The lowest BCUT2D eigenvalue weighted by Crippen LogP contribution is -2.43. The van der Waals surface area contributed by atoms with Gasteiger partial charge in [0.1, 0.15) is 16.4 Å². The van der Waals surface area contributed by atoms with Crippen molar-refractivity contribution < 1.29 is 9.53 Å². The molecule has 1 amide bonds. The molecule has 0 bridgehead atoms. The van der Waals surface area contributed by atoms with E-state index in [0.29, 0.717) is 34.0 Å². The molecule has 2 N–H and O–H groups in total. The van der Waals surface area contributed by atoms with Crippen molar-refractivity contribution in [2.75, 3.05) is 12.4 Å². The van der Waals surface area contributed by atoms with Crippen LogP contribution in [0.4, 0.5) is 5.95 Å². The molecule has 0 radical (unpaired) electrons. The maximum absolute atomic E-state index is 12.8. The van der Waals surface area contributed by atoms with E-state index in [1.54, 1.807) is 30.0 Å². The molecular formula is C21H23ClN6O2. The van der Waals surface area contributed by atoms with E-state index < -0.39 is 5.66 Å². The van der Waals surface area contributed by atoms with Gasteiger partial charge in [-0.25, -0.2) is 9.67 Å². The maximum atomic E-state index is 12.8. The second-order valence-corrected chi connectivity index (χ2v) is 7.97. The summed E-state index contributed by atoms with van der Waals surface area (Å²) in [7, 11) is 1.54. The normalized spacial score (nSPS) is 14.4. The fourth-order valence-corrected chi connectivity index (χ4v) is 3.26. The maximum Gasteiger partial charge on any atom is 0.256 e. The van der Waals surface area contributed by atoms with Gasteiger partial charge >= 0.3 is 0 Å². The van der Waals surface area contributed by atoms with Gasteiger partial charge in [0.05, 0.1) is 24.6 Å². The lowest BCUT2D eigenvalue weighted by Gasteiger charge is -2.20. The molecule has 1 saturated carbocycles. The van der Waals surface area contributed by atoms with Gasteiger partial charge in [0.25, 0.3) is 5.91 Å². The molecule has 156 valence electrons. The fraction of sp³-hybridized carbons (Fsp3) is 0.333. The Bertz CT molecular complexity index is 1080. The van der Waals surface area contributed by atoms with Crippen LogP contribution >= 0.6 is 11.6 Å². The lowest BCUT2D eigenvalue weighted by atomic mass is 10.1. The molecule has 0 unspecified atom stereocenters. The fourth-order valence-electron chi connectivity index (χ4n) is 3.08. The highest BCUT2D eigenvalue weighted by Gasteiger charge is 2.45. The summed E-state index contributed by atoms with van der Waals surface area (Å²) in [6.07, 6.45) is 4.87. The van der Waals surface area contributed by atoms with Crippen molar-refractivity contribution >= 4 is 23.5 Å². The summed E-state index contributed by atoms with van der Waals surface area (Å²) in [5.41, 5.74) is 0.821. The molecule has 8 nitrogen and oxygen atoms in total. The quantitative estimate of drug-likeness (QED) is 0.558. The van der Waals surface area contributed by atoms with Gasteiger partial charge in [-0.05, 0) is 37.0 Å². The summed E-state index contributed by atoms with van der Waals surface area (Å²) >= 11 is 6.31. The first-order valence-electron chi connectivity index (χ1n) is 9.73. The third-order valence-electron chi connectivity index (χ3n) is 4.95.